The smallest absolute Gasteiger partial charge is 0.259 e. The molecule has 0 spiro atoms. The standard InChI is InChI=1S/C19H27N3OS/c1-14-13-24-19-20-16(11-18(23)22(14)19)12-21-9-5-8-17(21)10-15-6-3-2-4-7-15/h11,13,15,17H,2-10,12H2,1H3/t17-/m1/s1. The van der Waals surface area contributed by atoms with Crippen LogP contribution in [0.25, 0.3) is 4.96 Å². The van der Waals surface area contributed by atoms with Gasteiger partial charge in [-0.05, 0) is 38.6 Å². The number of rotatable bonds is 4. The van der Waals surface area contributed by atoms with Crippen molar-refractivity contribution in [2.75, 3.05) is 6.54 Å². The summed E-state index contributed by atoms with van der Waals surface area (Å²) in [6, 6.07) is 2.43. The highest BCUT2D eigenvalue weighted by atomic mass is 32.1. The molecule has 1 atom stereocenters. The van der Waals surface area contributed by atoms with Crippen LogP contribution >= 0.6 is 11.3 Å². The lowest BCUT2D eigenvalue weighted by Gasteiger charge is -2.30. The van der Waals surface area contributed by atoms with E-state index in [0.29, 0.717) is 6.04 Å². The van der Waals surface area contributed by atoms with E-state index in [1.807, 2.05) is 12.3 Å². The highest BCUT2D eigenvalue weighted by Crippen LogP contribution is 2.32. The molecule has 1 aliphatic carbocycles. The zero-order valence-electron chi connectivity index (χ0n) is 14.5. The molecular weight excluding hydrogens is 318 g/mol. The Morgan fingerprint density at radius 1 is 1.21 bits per heavy atom. The summed E-state index contributed by atoms with van der Waals surface area (Å²) < 4.78 is 1.72. The molecule has 1 aliphatic heterocycles. The van der Waals surface area contributed by atoms with E-state index in [1.54, 1.807) is 21.8 Å². The average Bonchev–Trinajstić information content (AvgIpc) is 3.16. The van der Waals surface area contributed by atoms with Crippen LogP contribution in [-0.4, -0.2) is 26.9 Å². The summed E-state index contributed by atoms with van der Waals surface area (Å²) in [7, 11) is 0. The number of nitrogens with zero attached hydrogens (tertiary/aromatic N) is 3. The third-order valence-corrected chi connectivity index (χ3v) is 6.77. The second-order valence-corrected chi connectivity index (χ2v) is 8.42. The second-order valence-electron chi connectivity index (χ2n) is 7.59. The van der Waals surface area contributed by atoms with Gasteiger partial charge in [0.05, 0.1) is 5.69 Å². The Morgan fingerprint density at radius 3 is 2.88 bits per heavy atom. The van der Waals surface area contributed by atoms with Gasteiger partial charge in [-0.3, -0.25) is 14.1 Å². The molecule has 1 saturated heterocycles. The van der Waals surface area contributed by atoms with Gasteiger partial charge in [-0.2, -0.15) is 0 Å². The molecule has 4 rings (SSSR count). The van der Waals surface area contributed by atoms with E-state index in [2.05, 4.69) is 4.90 Å². The molecule has 0 bridgehead atoms. The first-order valence-corrected chi connectivity index (χ1v) is 10.3. The number of hydrogen-bond donors (Lipinski definition) is 0. The number of fused-ring (bicyclic) bond motifs is 1. The van der Waals surface area contributed by atoms with Gasteiger partial charge in [-0.25, -0.2) is 4.98 Å². The van der Waals surface area contributed by atoms with Gasteiger partial charge in [-0.1, -0.05) is 32.1 Å². The molecule has 5 heteroatoms. The van der Waals surface area contributed by atoms with Gasteiger partial charge in [0.1, 0.15) is 0 Å². The van der Waals surface area contributed by atoms with Gasteiger partial charge in [0, 0.05) is 29.7 Å². The van der Waals surface area contributed by atoms with E-state index in [9.17, 15) is 4.79 Å². The van der Waals surface area contributed by atoms with Crippen molar-refractivity contribution in [2.24, 2.45) is 5.92 Å². The fraction of sp³-hybridized carbons (Fsp3) is 0.684. The van der Waals surface area contributed by atoms with Crippen LogP contribution in [0.3, 0.4) is 0 Å². The molecule has 2 aromatic heterocycles. The van der Waals surface area contributed by atoms with Crippen molar-refractivity contribution in [1.82, 2.24) is 14.3 Å². The van der Waals surface area contributed by atoms with Crippen molar-refractivity contribution in [3.63, 3.8) is 0 Å². The maximum atomic E-state index is 12.4. The van der Waals surface area contributed by atoms with E-state index in [4.69, 9.17) is 4.98 Å². The quantitative estimate of drug-likeness (QED) is 0.840. The molecule has 0 unspecified atom stereocenters. The van der Waals surface area contributed by atoms with E-state index in [-0.39, 0.29) is 5.56 Å². The van der Waals surface area contributed by atoms with E-state index in [1.165, 1.54) is 51.4 Å². The molecule has 0 N–H and O–H groups in total. The minimum atomic E-state index is 0.0665. The number of aromatic nitrogens is 2. The van der Waals surface area contributed by atoms with E-state index >= 15 is 0 Å². The van der Waals surface area contributed by atoms with Gasteiger partial charge in [0.2, 0.25) is 0 Å². The summed E-state index contributed by atoms with van der Waals surface area (Å²) in [6.45, 7) is 3.95. The summed E-state index contributed by atoms with van der Waals surface area (Å²) in [5.74, 6) is 0.922. The third kappa shape index (κ3) is 3.29. The zero-order valence-corrected chi connectivity index (χ0v) is 15.4. The molecule has 3 heterocycles. The van der Waals surface area contributed by atoms with Crippen molar-refractivity contribution in [3.05, 3.63) is 33.2 Å². The maximum absolute atomic E-state index is 12.4. The molecule has 24 heavy (non-hydrogen) atoms. The average molecular weight is 346 g/mol. The monoisotopic (exact) mass is 345 g/mol. The van der Waals surface area contributed by atoms with Crippen LogP contribution in [0.4, 0.5) is 0 Å². The van der Waals surface area contributed by atoms with Crippen molar-refractivity contribution in [3.8, 4) is 0 Å². The fourth-order valence-corrected chi connectivity index (χ4v) is 5.46. The maximum Gasteiger partial charge on any atom is 0.259 e. The van der Waals surface area contributed by atoms with Crippen LogP contribution in [-0.2, 0) is 6.54 Å². The van der Waals surface area contributed by atoms with Crippen LogP contribution in [0.15, 0.2) is 16.2 Å². The van der Waals surface area contributed by atoms with Crippen LogP contribution in [0.1, 0.15) is 62.8 Å². The third-order valence-electron chi connectivity index (χ3n) is 5.82. The number of aryl methyl sites for hydroxylation is 1. The molecule has 4 nitrogen and oxygen atoms in total. The van der Waals surface area contributed by atoms with Crippen LogP contribution in [0.5, 0.6) is 0 Å². The Kier molecular flexibility index (Phi) is 4.72. The van der Waals surface area contributed by atoms with Gasteiger partial charge in [0.25, 0.3) is 5.56 Å². The predicted octanol–water partition coefficient (Wildman–Crippen LogP) is 4.00. The Bertz CT molecular complexity index is 760. The Balaban J connectivity index is 1.48. The largest absolute Gasteiger partial charge is 0.295 e. The van der Waals surface area contributed by atoms with Crippen LogP contribution in [0, 0.1) is 12.8 Å². The highest BCUT2D eigenvalue weighted by Gasteiger charge is 2.28. The summed E-state index contributed by atoms with van der Waals surface area (Å²) in [4.78, 5) is 20.5. The Labute approximate surface area is 147 Å². The van der Waals surface area contributed by atoms with Gasteiger partial charge in [-0.15, -0.1) is 11.3 Å². The van der Waals surface area contributed by atoms with Crippen molar-refractivity contribution in [2.45, 2.75) is 70.9 Å². The second kappa shape index (κ2) is 6.96. The number of thiazole rings is 1. The minimum absolute atomic E-state index is 0.0665. The summed E-state index contributed by atoms with van der Waals surface area (Å²) >= 11 is 1.56. The summed E-state index contributed by atoms with van der Waals surface area (Å²) in [5, 5.41) is 2.01. The molecular formula is C19H27N3OS. The Hall–Kier alpha value is -1.20. The molecule has 1 saturated carbocycles. The minimum Gasteiger partial charge on any atom is -0.295 e. The molecule has 0 aromatic carbocycles. The first-order valence-electron chi connectivity index (χ1n) is 9.41. The van der Waals surface area contributed by atoms with Crippen LogP contribution < -0.4 is 5.56 Å². The van der Waals surface area contributed by atoms with Gasteiger partial charge in [0.15, 0.2) is 4.96 Å². The van der Waals surface area contributed by atoms with E-state index in [0.717, 1.165) is 35.4 Å². The predicted molar refractivity (Wildman–Crippen MR) is 98.7 cm³/mol. The SMILES string of the molecule is Cc1csc2nc(CN3CCC[C@@H]3CC3CCCCC3)cc(=O)n12. The molecule has 2 aliphatic rings. The molecule has 0 amide bonds. The topological polar surface area (TPSA) is 37.6 Å². The fourth-order valence-electron chi connectivity index (χ4n) is 4.57. The lowest BCUT2D eigenvalue weighted by Crippen LogP contribution is -2.32. The number of hydrogen-bond acceptors (Lipinski definition) is 4. The van der Waals surface area contributed by atoms with Crippen molar-refractivity contribution in [1.29, 1.82) is 0 Å². The molecule has 2 fully saturated rings. The number of likely N-dealkylation sites (tertiary alicyclic amines) is 1. The van der Waals surface area contributed by atoms with Crippen molar-refractivity contribution >= 4 is 16.3 Å². The highest BCUT2D eigenvalue weighted by molar-refractivity contribution is 7.15. The first-order chi connectivity index (χ1) is 11.7. The zero-order chi connectivity index (χ0) is 16.5. The van der Waals surface area contributed by atoms with Crippen molar-refractivity contribution < 1.29 is 0 Å². The van der Waals surface area contributed by atoms with Crippen LogP contribution in [0.2, 0.25) is 0 Å². The normalized spacial score (nSPS) is 23.3. The lowest BCUT2D eigenvalue weighted by molar-refractivity contribution is 0.190. The molecule has 2 aromatic rings. The lowest BCUT2D eigenvalue weighted by atomic mass is 9.84. The van der Waals surface area contributed by atoms with E-state index < -0.39 is 0 Å². The Morgan fingerprint density at radius 2 is 2.04 bits per heavy atom. The molecule has 130 valence electrons. The summed E-state index contributed by atoms with van der Waals surface area (Å²) in [6.07, 6.45) is 11.1. The summed E-state index contributed by atoms with van der Waals surface area (Å²) in [5.41, 5.74) is 1.99. The first kappa shape index (κ1) is 16.3. The van der Waals surface area contributed by atoms with Gasteiger partial charge < -0.3 is 0 Å². The van der Waals surface area contributed by atoms with Gasteiger partial charge >= 0.3 is 0 Å². The molecule has 0 radical (unpaired) electrons.